The molecule has 9 nitrogen and oxygen atoms in total. The van der Waals surface area contributed by atoms with Gasteiger partial charge in [-0.3, -0.25) is 18.7 Å². The lowest BCUT2D eigenvalue weighted by Gasteiger charge is -2.49. The van der Waals surface area contributed by atoms with E-state index in [2.05, 4.69) is 14.7 Å². The molecule has 0 bridgehead atoms. The fourth-order valence-corrected chi connectivity index (χ4v) is 8.28. The summed E-state index contributed by atoms with van der Waals surface area (Å²) in [5.74, 6) is -0.820. The third-order valence-corrected chi connectivity index (χ3v) is 10.6. The number of carboxylic acids is 1. The van der Waals surface area contributed by atoms with E-state index in [4.69, 9.17) is 0 Å². The third-order valence-electron chi connectivity index (χ3n) is 4.68. The topological polar surface area (TPSA) is 130 Å². The van der Waals surface area contributed by atoms with Gasteiger partial charge in [-0.2, -0.15) is 4.37 Å². The minimum Gasteiger partial charge on any atom is -0.477 e. The molecule has 3 unspecified atom stereocenters. The zero-order valence-corrected chi connectivity index (χ0v) is 20.8. The van der Waals surface area contributed by atoms with Gasteiger partial charge in [0, 0.05) is 17.9 Å². The zero-order valence-electron chi connectivity index (χ0n) is 16.7. The predicted molar refractivity (Wildman–Crippen MR) is 125 cm³/mol. The number of thioether (sulfide) groups is 2. The normalized spacial score (nSPS) is 21.2. The number of rotatable bonds is 9. The number of thiophene rings is 1. The first-order valence-corrected chi connectivity index (χ1v) is 14.5. The molecule has 0 aromatic carbocycles. The van der Waals surface area contributed by atoms with Gasteiger partial charge in [0.2, 0.25) is 5.91 Å². The molecule has 2 N–H and O–H groups in total. The SMILES string of the molecule is CCc1nsc(SCC2=C(C(=O)O)N3C(=O)C(NC(=O)CS(=O)c4cccs4)C3SC2)n1. The molecule has 2 aliphatic rings. The van der Waals surface area contributed by atoms with Crippen molar-refractivity contribution in [1.82, 2.24) is 19.6 Å². The van der Waals surface area contributed by atoms with Gasteiger partial charge in [0.25, 0.3) is 5.91 Å². The molecule has 2 aliphatic heterocycles. The van der Waals surface area contributed by atoms with Crippen LogP contribution in [-0.2, 0) is 31.6 Å². The number of hydrogen-bond donors (Lipinski definition) is 2. The number of carbonyl (C=O) groups is 3. The van der Waals surface area contributed by atoms with Gasteiger partial charge in [-0.05, 0) is 28.6 Å². The molecular weight excluding hydrogens is 513 g/mol. The smallest absolute Gasteiger partial charge is 0.352 e. The summed E-state index contributed by atoms with van der Waals surface area (Å²) in [6.45, 7) is 1.96. The summed E-state index contributed by atoms with van der Waals surface area (Å²) in [6, 6.07) is 2.62. The van der Waals surface area contributed by atoms with Gasteiger partial charge in [-0.1, -0.05) is 24.8 Å². The highest BCUT2D eigenvalue weighted by Gasteiger charge is 2.54. The average Bonchev–Trinajstić information content (AvgIpc) is 3.47. The van der Waals surface area contributed by atoms with Crippen molar-refractivity contribution in [2.24, 2.45) is 0 Å². The molecule has 3 atom stereocenters. The van der Waals surface area contributed by atoms with Crippen LogP contribution in [0.15, 0.2) is 37.3 Å². The Morgan fingerprint density at radius 1 is 1.44 bits per heavy atom. The molecule has 32 heavy (non-hydrogen) atoms. The third kappa shape index (κ3) is 4.78. The van der Waals surface area contributed by atoms with Crippen LogP contribution in [0.3, 0.4) is 0 Å². The highest BCUT2D eigenvalue weighted by atomic mass is 32.2. The van der Waals surface area contributed by atoms with Gasteiger partial charge in [-0.15, -0.1) is 23.1 Å². The van der Waals surface area contributed by atoms with E-state index in [1.807, 2.05) is 6.92 Å². The van der Waals surface area contributed by atoms with E-state index in [0.717, 1.165) is 16.6 Å². The second-order valence-electron chi connectivity index (χ2n) is 6.75. The van der Waals surface area contributed by atoms with Gasteiger partial charge < -0.3 is 10.4 Å². The molecule has 1 saturated heterocycles. The summed E-state index contributed by atoms with van der Waals surface area (Å²) in [5.41, 5.74) is 0.605. The number of carboxylic acid groups (broad SMARTS) is 1. The Balaban J connectivity index is 1.40. The van der Waals surface area contributed by atoms with Crippen LogP contribution >= 0.6 is 46.4 Å². The fraction of sp³-hybridized carbons (Fsp3) is 0.389. The molecule has 2 amide bonds. The van der Waals surface area contributed by atoms with Gasteiger partial charge in [-0.25, -0.2) is 9.78 Å². The summed E-state index contributed by atoms with van der Waals surface area (Å²) >= 11 is 5.38. The lowest BCUT2D eigenvalue weighted by atomic mass is 10.0. The average molecular weight is 531 g/mol. The number of fused-ring (bicyclic) bond motifs is 1. The van der Waals surface area contributed by atoms with E-state index in [9.17, 15) is 23.7 Å². The Morgan fingerprint density at radius 2 is 2.25 bits per heavy atom. The summed E-state index contributed by atoms with van der Waals surface area (Å²) < 4.78 is 17.8. The quantitative estimate of drug-likeness (QED) is 0.368. The number of amides is 2. The monoisotopic (exact) mass is 530 g/mol. The fourth-order valence-electron chi connectivity index (χ4n) is 3.18. The van der Waals surface area contributed by atoms with Crippen molar-refractivity contribution in [3.05, 3.63) is 34.6 Å². The molecule has 2 aromatic rings. The van der Waals surface area contributed by atoms with E-state index < -0.39 is 40.0 Å². The highest BCUT2D eigenvalue weighted by molar-refractivity contribution is 8.01. The maximum absolute atomic E-state index is 12.7. The van der Waals surface area contributed by atoms with Crippen LogP contribution in [0.4, 0.5) is 0 Å². The van der Waals surface area contributed by atoms with Crippen LogP contribution < -0.4 is 5.32 Å². The second kappa shape index (κ2) is 10.0. The zero-order chi connectivity index (χ0) is 22.8. The van der Waals surface area contributed by atoms with E-state index in [1.54, 1.807) is 17.5 Å². The van der Waals surface area contributed by atoms with Crippen LogP contribution in [0.2, 0.25) is 0 Å². The summed E-state index contributed by atoms with van der Waals surface area (Å²) in [6.07, 6.45) is 0.730. The van der Waals surface area contributed by atoms with Gasteiger partial charge in [0.05, 0.1) is 15.0 Å². The van der Waals surface area contributed by atoms with Crippen LogP contribution in [0.1, 0.15) is 12.7 Å². The molecule has 14 heteroatoms. The van der Waals surface area contributed by atoms with Crippen molar-refractivity contribution in [2.45, 2.75) is 33.3 Å². The minimum absolute atomic E-state index is 0.0286. The number of nitrogens with zero attached hydrogens (tertiary/aromatic N) is 3. The van der Waals surface area contributed by atoms with Gasteiger partial charge >= 0.3 is 5.97 Å². The number of aromatic nitrogens is 2. The van der Waals surface area contributed by atoms with Crippen molar-refractivity contribution in [3.63, 3.8) is 0 Å². The number of β-lactam (4-membered cyclic amide) rings is 1. The van der Waals surface area contributed by atoms with Crippen molar-refractivity contribution >= 4 is 75.0 Å². The van der Waals surface area contributed by atoms with E-state index in [0.29, 0.717) is 21.3 Å². The molecule has 4 heterocycles. The van der Waals surface area contributed by atoms with Crippen molar-refractivity contribution < 1.29 is 23.7 Å². The number of aryl methyl sites for hydroxylation is 1. The maximum Gasteiger partial charge on any atom is 0.352 e. The Bertz CT molecular complexity index is 1100. The summed E-state index contributed by atoms with van der Waals surface area (Å²) in [7, 11) is -1.48. The minimum atomic E-state index is -1.48. The Morgan fingerprint density at radius 3 is 2.91 bits per heavy atom. The largest absolute Gasteiger partial charge is 0.477 e. The van der Waals surface area contributed by atoms with Crippen LogP contribution in [-0.4, -0.2) is 70.0 Å². The summed E-state index contributed by atoms with van der Waals surface area (Å²) in [5, 5.41) is 13.7. The van der Waals surface area contributed by atoms with Crippen molar-refractivity contribution in [2.75, 3.05) is 17.3 Å². The number of aliphatic carboxylic acids is 1. The lowest BCUT2D eigenvalue weighted by Crippen LogP contribution is -2.70. The molecule has 0 radical (unpaired) electrons. The van der Waals surface area contributed by atoms with Crippen LogP contribution in [0, 0.1) is 0 Å². The Labute approximate surface area is 202 Å². The lowest BCUT2D eigenvalue weighted by molar-refractivity contribution is -0.150. The van der Waals surface area contributed by atoms with Gasteiger partial charge in [0.15, 0.2) is 4.34 Å². The van der Waals surface area contributed by atoms with Crippen LogP contribution in [0.25, 0.3) is 0 Å². The predicted octanol–water partition coefficient (Wildman–Crippen LogP) is 1.80. The van der Waals surface area contributed by atoms with E-state index in [-0.39, 0.29) is 11.4 Å². The first-order chi connectivity index (χ1) is 15.4. The Kier molecular flexibility index (Phi) is 7.34. The molecule has 1 fully saturated rings. The molecule has 0 spiro atoms. The molecule has 170 valence electrons. The molecule has 0 saturated carbocycles. The van der Waals surface area contributed by atoms with E-state index >= 15 is 0 Å². The highest BCUT2D eigenvalue weighted by Crippen LogP contribution is 2.41. The van der Waals surface area contributed by atoms with E-state index in [1.165, 1.54) is 51.3 Å². The second-order valence-corrected chi connectivity index (χ2v) is 12.5. The molecule has 2 aromatic heterocycles. The standard InChI is InChI=1S/C18H18N4O5S5/c1-2-10-19-18(31-21-10)30-7-9-6-29-16-13(15(24)22(16)14(9)17(25)26)20-11(23)8-32(27)12-4-3-5-28-12/h3-5,13,16H,2,6-8H2,1H3,(H,20,23)(H,25,26). The van der Waals surface area contributed by atoms with Crippen molar-refractivity contribution in [1.29, 1.82) is 0 Å². The number of hydrogen-bond acceptors (Lipinski definition) is 10. The maximum atomic E-state index is 12.7. The first kappa shape index (κ1) is 23.4. The number of carbonyl (C=O) groups excluding carboxylic acids is 2. The first-order valence-electron chi connectivity index (χ1n) is 9.45. The molecular formula is C18H18N4O5S5. The van der Waals surface area contributed by atoms with Crippen LogP contribution in [0.5, 0.6) is 0 Å². The summed E-state index contributed by atoms with van der Waals surface area (Å²) in [4.78, 5) is 42.6. The van der Waals surface area contributed by atoms with Crippen molar-refractivity contribution in [3.8, 4) is 0 Å². The van der Waals surface area contributed by atoms with Gasteiger partial charge in [0.1, 0.15) is 28.7 Å². The Hall–Kier alpha value is -1.74. The molecule has 0 aliphatic carbocycles. The number of nitrogens with one attached hydrogen (secondary N) is 1. The molecule has 4 rings (SSSR count).